The highest BCUT2D eigenvalue weighted by Gasteiger charge is 2.17. The van der Waals surface area contributed by atoms with Gasteiger partial charge in [0, 0.05) is 16.1 Å². The van der Waals surface area contributed by atoms with Crippen molar-refractivity contribution < 1.29 is 4.42 Å². The summed E-state index contributed by atoms with van der Waals surface area (Å²) < 4.78 is 6.29. The van der Waals surface area contributed by atoms with Crippen LogP contribution in [0.15, 0.2) is 45.5 Å². The summed E-state index contributed by atoms with van der Waals surface area (Å²) in [5, 5.41) is 3.90. The lowest BCUT2D eigenvalue weighted by atomic mass is 10.0. The lowest BCUT2D eigenvalue weighted by Crippen LogP contribution is -2.22. The Hall–Kier alpha value is -0.770. The van der Waals surface area contributed by atoms with E-state index in [4.69, 9.17) is 16.0 Å². The first-order valence-corrected chi connectivity index (χ1v) is 7.09. The molecule has 0 radical (unpaired) electrons. The largest absolute Gasteiger partial charge is 0.453 e. The second-order valence-corrected chi connectivity index (χ2v) is 5.25. The number of benzene rings is 1. The Morgan fingerprint density at radius 3 is 2.72 bits per heavy atom. The number of hydrogen-bond donors (Lipinski definition) is 1. The molecule has 1 N–H and O–H groups in total. The molecule has 2 aromatic rings. The van der Waals surface area contributed by atoms with Gasteiger partial charge in [0.25, 0.3) is 0 Å². The number of rotatable bonds is 5. The van der Waals surface area contributed by atoms with Gasteiger partial charge in [-0.05, 0) is 42.3 Å². The van der Waals surface area contributed by atoms with Crippen molar-refractivity contribution in [2.24, 2.45) is 0 Å². The minimum Gasteiger partial charge on any atom is -0.453 e. The zero-order valence-corrected chi connectivity index (χ0v) is 12.5. The highest BCUT2D eigenvalue weighted by molar-refractivity contribution is 9.10. The van der Waals surface area contributed by atoms with Crippen LogP contribution in [0.4, 0.5) is 0 Å². The highest BCUT2D eigenvalue weighted by Crippen LogP contribution is 2.28. The van der Waals surface area contributed by atoms with Gasteiger partial charge >= 0.3 is 0 Å². The number of furan rings is 1. The van der Waals surface area contributed by atoms with Crippen LogP contribution in [0.1, 0.15) is 24.1 Å². The number of nitrogens with one attached hydrogen (secondary N) is 1. The highest BCUT2D eigenvalue weighted by atomic mass is 79.9. The minimum atomic E-state index is 0.167. The smallest absolute Gasteiger partial charge is 0.197 e. The van der Waals surface area contributed by atoms with Crippen LogP contribution in [0.2, 0.25) is 5.22 Å². The van der Waals surface area contributed by atoms with Crippen molar-refractivity contribution in [2.45, 2.75) is 19.4 Å². The molecule has 0 aliphatic carbocycles. The van der Waals surface area contributed by atoms with Crippen LogP contribution >= 0.6 is 27.5 Å². The van der Waals surface area contributed by atoms with Crippen molar-refractivity contribution in [2.75, 3.05) is 6.54 Å². The number of hydrogen-bond acceptors (Lipinski definition) is 2. The van der Waals surface area contributed by atoms with Crippen LogP contribution in [-0.4, -0.2) is 6.54 Å². The molecule has 2 nitrogen and oxygen atoms in total. The summed E-state index contributed by atoms with van der Waals surface area (Å²) in [6, 6.07) is 10.3. The summed E-state index contributed by atoms with van der Waals surface area (Å²) in [7, 11) is 0. The molecular formula is C14H15BrClNO. The molecule has 0 spiro atoms. The third-order valence-electron chi connectivity index (χ3n) is 2.85. The van der Waals surface area contributed by atoms with Gasteiger partial charge in [0.1, 0.15) is 0 Å². The third kappa shape index (κ3) is 3.16. The summed E-state index contributed by atoms with van der Waals surface area (Å²) in [6.07, 6.45) is 2.50. The molecule has 1 heterocycles. The van der Waals surface area contributed by atoms with Crippen LogP contribution in [0.3, 0.4) is 0 Å². The van der Waals surface area contributed by atoms with Gasteiger partial charge in [-0.15, -0.1) is 0 Å². The second kappa shape index (κ2) is 6.41. The molecule has 4 heteroatoms. The van der Waals surface area contributed by atoms with Crippen molar-refractivity contribution in [1.29, 1.82) is 0 Å². The van der Waals surface area contributed by atoms with Gasteiger partial charge in [-0.2, -0.15) is 0 Å². The van der Waals surface area contributed by atoms with Crippen molar-refractivity contribution >= 4 is 27.5 Å². The van der Waals surface area contributed by atoms with Gasteiger partial charge in [0.15, 0.2) is 5.22 Å². The van der Waals surface area contributed by atoms with Crippen molar-refractivity contribution in [3.8, 4) is 0 Å². The Kier molecular flexibility index (Phi) is 4.87. The zero-order chi connectivity index (χ0) is 13.0. The quantitative estimate of drug-likeness (QED) is 0.868. The Morgan fingerprint density at radius 2 is 2.11 bits per heavy atom. The van der Waals surface area contributed by atoms with E-state index in [9.17, 15) is 0 Å². The van der Waals surface area contributed by atoms with E-state index in [1.165, 1.54) is 5.56 Å². The molecule has 0 aliphatic rings. The summed E-state index contributed by atoms with van der Waals surface area (Å²) >= 11 is 9.63. The van der Waals surface area contributed by atoms with Gasteiger partial charge < -0.3 is 9.73 Å². The van der Waals surface area contributed by atoms with Crippen LogP contribution in [0, 0.1) is 0 Å². The maximum atomic E-state index is 6.06. The normalized spacial score (nSPS) is 12.6. The van der Waals surface area contributed by atoms with Crippen molar-refractivity contribution in [1.82, 2.24) is 5.32 Å². The molecule has 2 rings (SSSR count). The fourth-order valence-corrected chi connectivity index (χ4v) is 2.67. The first-order chi connectivity index (χ1) is 8.72. The first-order valence-electron chi connectivity index (χ1n) is 5.92. The molecule has 0 fully saturated rings. The van der Waals surface area contributed by atoms with E-state index < -0.39 is 0 Å². The molecule has 18 heavy (non-hydrogen) atoms. The molecule has 0 saturated carbocycles. The van der Waals surface area contributed by atoms with E-state index in [0.717, 1.165) is 23.0 Å². The van der Waals surface area contributed by atoms with E-state index in [1.807, 2.05) is 18.2 Å². The van der Waals surface area contributed by atoms with Gasteiger partial charge in [-0.3, -0.25) is 0 Å². The van der Waals surface area contributed by atoms with E-state index in [2.05, 4.69) is 40.3 Å². The number of likely N-dealkylation sites (N-methyl/N-ethyl adjacent to an activating group) is 1. The van der Waals surface area contributed by atoms with Crippen LogP contribution in [0.5, 0.6) is 0 Å². The van der Waals surface area contributed by atoms with Crippen LogP contribution < -0.4 is 5.32 Å². The zero-order valence-electron chi connectivity index (χ0n) is 10.1. The summed E-state index contributed by atoms with van der Waals surface area (Å²) in [5.74, 6) is 0. The van der Waals surface area contributed by atoms with Gasteiger partial charge in [0.05, 0.1) is 6.26 Å². The summed E-state index contributed by atoms with van der Waals surface area (Å²) in [4.78, 5) is 0. The lowest BCUT2D eigenvalue weighted by molar-refractivity contribution is 0.526. The molecule has 0 bridgehead atoms. The fourth-order valence-electron chi connectivity index (χ4n) is 1.98. The minimum absolute atomic E-state index is 0.167. The predicted molar refractivity (Wildman–Crippen MR) is 78.0 cm³/mol. The van der Waals surface area contributed by atoms with E-state index in [1.54, 1.807) is 6.26 Å². The predicted octanol–water partition coefficient (Wildman–Crippen LogP) is 4.59. The molecule has 1 atom stereocenters. The second-order valence-electron chi connectivity index (χ2n) is 4.06. The maximum Gasteiger partial charge on any atom is 0.197 e. The average molecular weight is 329 g/mol. The lowest BCUT2D eigenvalue weighted by Gasteiger charge is -2.17. The molecule has 1 aromatic heterocycles. The maximum absolute atomic E-state index is 6.06. The fraction of sp³-hybridized carbons (Fsp3) is 0.286. The SMILES string of the molecule is CCNC(Cc1ccccc1Br)c1ccoc1Cl. The van der Waals surface area contributed by atoms with Crippen LogP contribution in [0.25, 0.3) is 0 Å². The summed E-state index contributed by atoms with van der Waals surface area (Å²) in [6.45, 7) is 2.97. The molecule has 0 aliphatic heterocycles. The Balaban J connectivity index is 2.22. The van der Waals surface area contributed by atoms with Crippen molar-refractivity contribution in [3.63, 3.8) is 0 Å². The molecule has 1 aromatic carbocycles. The van der Waals surface area contributed by atoms with E-state index in [-0.39, 0.29) is 6.04 Å². The average Bonchev–Trinajstić information content (AvgIpc) is 2.78. The molecule has 96 valence electrons. The van der Waals surface area contributed by atoms with Gasteiger partial charge in [-0.25, -0.2) is 0 Å². The first kappa shape index (κ1) is 13.7. The Morgan fingerprint density at radius 1 is 1.33 bits per heavy atom. The molecule has 0 saturated heterocycles. The van der Waals surface area contributed by atoms with Gasteiger partial charge in [0.2, 0.25) is 0 Å². The molecule has 1 unspecified atom stereocenters. The summed E-state index contributed by atoms with van der Waals surface area (Å²) in [5.41, 5.74) is 2.26. The van der Waals surface area contributed by atoms with E-state index in [0.29, 0.717) is 5.22 Å². The topological polar surface area (TPSA) is 25.2 Å². The van der Waals surface area contributed by atoms with E-state index >= 15 is 0 Å². The third-order valence-corrected chi connectivity index (χ3v) is 3.93. The Labute approximate surface area is 120 Å². The van der Waals surface area contributed by atoms with Crippen molar-refractivity contribution in [3.05, 3.63) is 57.4 Å². The number of halogens is 2. The molecular weight excluding hydrogens is 314 g/mol. The standard InChI is InChI=1S/C14H15BrClNO/c1-2-17-13(11-7-8-18-14(11)16)9-10-5-3-4-6-12(10)15/h3-8,13,17H,2,9H2,1H3. The Bertz CT molecular complexity index is 512. The monoisotopic (exact) mass is 327 g/mol. The van der Waals surface area contributed by atoms with Gasteiger partial charge in [-0.1, -0.05) is 41.1 Å². The van der Waals surface area contributed by atoms with Crippen LogP contribution in [-0.2, 0) is 6.42 Å². The molecule has 0 amide bonds.